The number of halogens is 3. The van der Waals surface area contributed by atoms with Gasteiger partial charge < -0.3 is 15.2 Å². The van der Waals surface area contributed by atoms with Gasteiger partial charge in [0.1, 0.15) is 12.1 Å². The zero-order chi connectivity index (χ0) is 21.0. The van der Waals surface area contributed by atoms with Crippen molar-refractivity contribution >= 4 is 11.9 Å². The van der Waals surface area contributed by atoms with Crippen LogP contribution in [0.3, 0.4) is 0 Å². The van der Waals surface area contributed by atoms with E-state index < -0.39 is 11.7 Å². The molecule has 0 saturated heterocycles. The number of rotatable bonds is 5. The van der Waals surface area contributed by atoms with Gasteiger partial charge >= 0.3 is 6.18 Å². The highest BCUT2D eigenvalue weighted by molar-refractivity contribution is 5.90. The molecule has 3 rings (SSSR count). The van der Waals surface area contributed by atoms with E-state index in [4.69, 9.17) is 15.2 Å². The van der Waals surface area contributed by atoms with E-state index in [-0.39, 0.29) is 40.5 Å². The van der Waals surface area contributed by atoms with E-state index in [1.807, 2.05) is 12.1 Å². The van der Waals surface area contributed by atoms with Crippen molar-refractivity contribution in [3.63, 3.8) is 0 Å². The highest BCUT2D eigenvalue weighted by Gasteiger charge is 2.30. The summed E-state index contributed by atoms with van der Waals surface area (Å²) in [5, 5.41) is 32.4. The van der Waals surface area contributed by atoms with Crippen LogP contribution < -0.4 is 5.32 Å². The quantitative estimate of drug-likeness (QED) is 0.626. The molecule has 29 heavy (non-hydrogen) atoms. The van der Waals surface area contributed by atoms with Gasteiger partial charge in [-0.3, -0.25) is 0 Å². The first kappa shape index (κ1) is 19.6. The van der Waals surface area contributed by atoms with Gasteiger partial charge in [0, 0.05) is 23.0 Å². The number of nitriles is 2. The molecular formula is C19H11F3N6O. The number of nitrogens with zero attached hydrogens (tertiary/aromatic N) is 4. The van der Waals surface area contributed by atoms with E-state index in [9.17, 15) is 18.4 Å². The highest BCUT2D eigenvalue weighted by atomic mass is 19.4. The lowest BCUT2D eigenvalue weighted by molar-refractivity contribution is -0.137. The van der Waals surface area contributed by atoms with Gasteiger partial charge in [0.25, 0.3) is 5.89 Å². The molecule has 2 N–H and O–H groups in total. The fourth-order valence-electron chi connectivity index (χ4n) is 2.58. The van der Waals surface area contributed by atoms with Crippen molar-refractivity contribution in [2.45, 2.75) is 12.7 Å². The summed E-state index contributed by atoms with van der Waals surface area (Å²) in [6.45, 7) is 0.0278. The van der Waals surface area contributed by atoms with Crippen LogP contribution in [0.15, 0.2) is 40.9 Å². The SMILES string of the molecule is N#Cc1ccc(NCc2noc(-c3cccc(C(F)(F)F)c3)n2)c(C=N)c1C#N. The summed E-state index contributed by atoms with van der Waals surface area (Å²) in [5.41, 5.74) is 0.135. The maximum absolute atomic E-state index is 12.8. The van der Waals surface area contributed by atoms with Crippen molar-refractivity contribution in [2.75, 3.05) is 5.32 Å². The van der Waals surface area contributed by atoms with Crippen molar-refractivity contribution in [3.05, 3.63) is 64.5 Å². The molecule has 0 saturated carbocycles. The molecule has 10 heteroatoms. The van der Waals surface area contributed by atoms with E-state index in [1.165, 1.54) is 24.3 Å². The Bertz CT molecular complexity index is 1150. The number of aromatic nitrogens is 2. The van der Waals surface area contributed by atoms with Gasteiger partial charge in [-0.15, -0.1) is 0 Å². The fraction of sp³-hybridized carbons (Fsp3) is 0.105. The Morgan fingerprint density at radius 2 is 1.97 bits per heavy atom. The molecule has 0 aliphatic heterocycles. The third kappa shape index (κ3) is 4.06. The second kappa shape index (κ2) is 7.82. The third-order valence-electron chi connectivity index (χ3n) is 3.96. The van der Waals surface area contributed by atoms with Crippen molar-refractivity contribution in [3.8, 4) is 23.6 Å². The Morgan fingerprint density at radius 1 is 1.17 bits per heavy atom. The molecule has 0 atom stereocenters. The maximum atomic E-state index is 12.8. The molecule has 0 amide bonds. The minimum Gasteiger partial charge on any atom is -0.377 e. The number of hydrogen-bond donors (Lipinski definition) is 2. The third-order valence-corrected chi connectivity index (χ3v) is 3.96. The second-order valence-electron chi connectivity index (χ2n) is 5.77. The van der Waals surface area contributed by atoms with Gasteiger partial charge in [-0.2, -0.15) is 28.7 Å². The number of hydrogen-bond acceptors (Lipinski definition) is 7. The predicted octanol–water partition coefficient (Wildman–Crippen LogP) is 4.11. The average molecular weight is 396 g/mol. The minimum absolute atomic E-state index is 0.0278. The fourth-order valence-corrected chi connectivity index (χ4v) is 2.58. The van der Waals surface area contributed by atoms with Crippen molar-refractivity contribution in [2.24, 2.45) is 0 Å². The molecule has 144 valence electrons. The van der Waals surface area contributed by atoms with Gasteiger partial charge in [0.05, 0.1) is 23.2 Å². The van der Waals surface area contributed by atoms with Gasteiger partial charge in [0.2, 0.25) is 0 Å². The smallest absolute Gasteiger partial charge is 0.377 e. The predicted molar refractivity (Wildman–Crippen MR) is 95.8 cm³/mol. The summed E-state index contributed by atoms with van der Waals surface area (Å²) in [7, 11) is 0. The van der Waals surface area contributed by atoms with Crippen LogP contribution in [0.1, 0.15) is 28.1 Å². The van der Waals surface area contributed by atoms with Crippen LogP contribution in [0, 0.1) is 28.1 Å². The van der Waals surface area contributed by atoms with Crippen molar-refractivity contribution in [1.82, 2.24) is 10.1 Å². The first-order chi connectivity index (χ1) is 13.9. The van der Waals surface area contributed by atoms with Crippen LogP contribution in [0.25, 0.3) is 11.5 Å². The molecule has 0 radical (unpaired) electrons. The molecule has 0 bridgehead atoms. The molecule has 0 unspecified atom stereocenters. The molecule has 0 fully saturated rings. The van der Waals surface area contributed by atoms with Crippen LogP contribution in [0.4, 0.5) is 18.9 Å². The van der Waals surface area contributed by atoms with Crippen molar-refractivity contribution < 1.29 is 17.7 Å². The number of benzene rings is 2. The van der Waals surface area contributed by atoms with Crippen LogP contribution >= 0.6 is 0 Å². The lowest BCUT2D eigenvalue weighted by Crippen LogP contribution is -2.06. The summed E-state index contributed by atoms with van der Waals surface area (Å²) in [4.78, 5) is 4.07. The minimum atomic E-state index is -4.49. The Hall–Kier alpha value is -4.18. The topological polar surface area (TPSA) is 122 Å². The molecule has 1 aromatic heterocycles. The Kier molecular flexibility index (Phi) is 5.28. The molecule has 1 heterocycles. The summed E-state index contributed by atoms with van der Waals surface area (Å²) in [6.07, 6.45) is -3.54. The van der Waals surface area contributed by atoms with E-state index in [1.54, 1.807) is 0 Å². The van der Waals surface area contributed by atoms with Crippen LogP contribution in [-0.2, 0) is 12.7 Å². The first-order valence-corrected chi connectivity index (χ1v) is 8.09. The summed E-state index contributed by atoms with van der Waals surface area (Å²) in [5.74, 6) is 0.0916. The molecule has 7 nitrogen and oxygen atoms in total. The van der Waals surface area contributed by atoms with E-state index >= 15 is 0 Å². The highest BCUT2D eigenvalue weighted by Crippen LogP contribution is 2.31. The summed E-state index contributed by atoms with van der Waals surface area (Å²) >= 11 is 0. The van der Waals surface area contributed by atoms with Crippen LogP contribution in [0.2, 0.25) is 0 Å². The zero-order valence-corrected chi connectivity index (χ0v) is 14.6. The lowest BCUT2D eigenvalue weighted by Gasteiger charge is -2.09. The van der Waals surface area contributed by atoms with E-state index in [2.05, 4.69) is 15.5 Å². The summed E-state index contributed by atoms with van der Waals surface area (Å²) in [6, 6.07) is 11.3. The number of anilines is 1. The van der Waals surface area contributed by atoms with Gasteiger partial charge in [-0.05, 0) is 30.3 Å². The second-order valence-corrected chi connectivity index (χ2v) is 5.77. The molecule has 0 spiro atoms. The normalized spacial score (nSPS) is 10.8. The Balaban J connectivity index is 1.82. The summed E-state index contributed by atoms with van der Waals surface area (Å²) < 4.78 is 43.6. The van der Waals surface area contributed by atoms with Crippen molar-refractivity contribution in [1.29, 1.82) is 15.9 Å². The maximum Gasteiger partial charge on any atom is 0.416 e. The van der Waals surface area contributed by atoms with Crippen LogP contribution in [-0.4, -0.2) is 16.4 Å². The number of nitrogens with one attached hydrogen (secondary N) is 2. The van der Waals surface area contributed by atoms with Gasteiger partial charge in [-0.25, -0.2) is 0 Å². The Labute approximate surface area is 162 Å². The first-order valence-electron chi connectivity index (χ1n) is 8.09. The molecule has 0 aliphatic carbocycles. The van der Waals surface area contributed by atoms with Crippen LogP contribution in [0.5, 0.6) is 0 Å². The Morgan fingerprint density at radius 3 is 2.62 bits per heavy atom. The average Bonchev–Trinajstić information content (AvgIpc) is 3.19. The standard InChI is InChI=1S/C19H11F3N6O/c20-19(21,22)13-3-1-2-11(6-13)18-27-17(28-29-18)10-26-16-5-4-12(7-23)14(8-24)15(16)9-25/h1-6,9,25-26H,10H2. The monoisotopic (exact) mass is 396 g/mol. The molecule has 0 aliphatic rings. The number of alkyl halides is 3. The molecule has 3 aromatic rings. The van der Waals surface area contributed by atoms with Gasteiger partial charge in [-0.1, -0.05) is 11.2 Å². The van der Waals surface area contributed by atoms with E-state index in [0.29, 0.717) is 5.69 Å². The van der Waals surface area contributed by atoms with Gasteiger partial charge in [0.15, 0.2) is 5.82 Å². The molecule has 2 aromatic carbocycles. The lowest BCUT2D eigenvalue weighted by atomic mass is 10.0. The zero-order valence-electron chi connectivity index (χ0n) is 14.6. The largest absolute Gasteiger partial charge is 0.416 e. The van der Waals surface area contributed by atoms with E-state index in [0.717, 1.165) is 18.3 Å². The molecular weight excluding hydrogens is 385 g/mol.